The standard InChI is InChI=1S/2C8H18.C3H8O3/c2*1-3-5-7-8-6-4-2;4-1-3(6)2-5/h2*3-8H2,1-2H3;3-6H,1-2H2. The van der Waals surface area contributed by atoms with Crippen LogP contribution in [0.1, 0.15) is 105 Å². The molecule has 0 rings (SSSR count). The summed E-state index contributed by atoms with van der Waals surface area (Å²) in [7, 11) is 0. The van der Waals surface area contributed by atoms with Gasteiger partial charge in [0.05, 0.1) is 13.2 Å². The Bertz CT molecular complexity index is 124. The third-order valence-corrected chi connectivity index (χ3v) is 3.34. The van der Waals surface area contributed by atoms with E-state index in [0.717, 1.165) is 0 Å². The van der Waals surface area contributed by atoms with Gasteiger partial charge < -0.3 is 15.3 Å². The van der Waals surface area contributed by atoms with Gasteiger partial charge in [0.1, 0.15) is 6.10 Å². The molecule has 3 nitrogen and oxygen atoms in total. The molecule has 22 heavy (non-hydrogen) atoms. The third-order valence-electron chi connectivity index (χ3n) is 3.34. The van der Waals surface area contributed by atoms with Crippen LogP contribution in [0.2, 0.25) is 0 Å². The van der Waals surface area contributed by atoms with Crippen molar-refractivity contribution in [1.29, 1.82) is 0 Å². The minimum absolute atomic E-state index is 0.365. The predicted octanol–water partition coefficient (Wildman–Crippen LogP) is 5.07. The van der Waals surface area contributed by atoms with Crippen LogP contribution in [0.5, 0.6) is 0 Å². The molecule has 0 spiro atoms. The lowest BCUT2D eigenvalue weighted by Crippen LogP contribution is -2.15. The van der Waals surface area contributed by atoms with Crippen LogP contribution in [0.3, 0.4) is 0 Å². The summed E-state index contributed by atoms with van der Waals surface area (Å²) in [6, 6.07) is 0. The van der Waals surface area contributed by atoms with Gasteiger partial charge in [0.2, 0.25) is 0 Å². The molecular weight excluding hydrogens is 276 g/mol. The zero-order valence-corrected chi connectivity index (χ0v) is 15.8. The van der Waals surface area contributed by atoms with Crippen molar-refractivity contribution in [1.82, 2.24) is 0 Å². The lowest BCUT2D eigenvalue weighted by atomic mass is 10.1. The van der Waals surface area contributed by atoms with E-state index in [1.165, 1.54) is 77.0 Å². The summed E-state index contributed by atoms with van der Waals surface area (Å²) in [5, 5.41) is 24.0. The lowest BCUT2D eigenvalue weighted by molar-refractivity contribution is 0.0450. The summed E-state index contributed by atoms with van der Waals surface area (Å²) in [6.45, 7) is 8.29. The van der Waals surface area contributed by atoms with E-state index in [0.29, 0.717) is 0 Å². The van der Waals surface area contributed by atoms with Crippen LogP contribution >= 0.6 is 0 Å². The quantitative estimate of drug-likeness (QED) is 0.440. The molecule has 0 heterocycles. The maximum atomic E-state index is 8.17. The van der Waals surface area contributed by atoms with Crippen LogP contribution in [0, 0.1) is 0 Å². The van der Waals surface area contributed by atoms with Gasteiger partial charge in [0, 0.05) is 0 Å². The van der Waals surface area contributed by atoms with Gasteiger partial charge in [0.15, 0.2) is 0 Å². The first kappa shape index (κ1) is 26.8. The second-order valence-electron chi connectivity index (χ2n) is 5.85. The molecule has 3 N–H and O–H groups in total. The highest BCUT2D eigenvalue weighted by Crippen LogP contribution is 2.04. The molecule has 0 aromatic heterocycles. The van der Waals surface area contributed by atoms with Crippen LogP contribution < -0.4 is 0 Å². The van der Waals surface area contributed by atoms with Crippen molar-refractivity contribution in [3.8, 4) is 0 Å². The summed E-state index contributed by atoms with van der Waals surface area (Å²) in [4.78, 5) is 0. The molecule has 0 aliphatic carbocycles. The molecule has 0 saturated heterocycles. The summed E-state index contributed by atoms with van der Waals surface area (Å²) in [5.41, 5.74) is 0. The molecule has 0 aliphatic rings. The summed E-state index contributed by atoms with van der Waals surface area (Å²) in [6.07, 6.45) is 16.0. The van der Waals surface area contributed by atoms with E-state index in [-0.39, 0.29) is 13.2 Å². The van der Waals surface area contributed by atoms with Crippen molar-refractivity contribution in [2.24, 2.45) is 0 Å². The highest BCUT2D eigenvalue weighted by atomic mass is 16.3. The molecular formula is C19H44O3. The van der Waals surface area contributed by atoms with Crippen LogP contribution in [0.4, 0.5) is 0 Å². The number of unbranched alkanes of at least 4 members (excludes halogenated alkanes) is 10. The zero-order chi connectivity index (χ0) is 17.5. The van der Waals surface area contributed by atoms with Gasteiger partial charge in [-0.05, 0) is 0 Å². The second kappa shape index (κ2) is 29.0. The first-order valence-corrected chi connectivity index (χ1v) is 9.54. The SMILES string of the molecule is CCCCCCCC.CCCCCCCC.OCC(O)CO. The zero-order valence-electron chi connectivity index (χ0n) is 15.8. The molecule has 0 saturated carbocycles. The maximum Gasteiger partial charge on any atom is 0.100 e. The second-order valence-corrected chi connectivity index (χ2v) is 5.85. The molecule has 138 valence electrons. The Morgan fingerprint density at radius 3 is 0.818 bits per heavy atom. The Balaban J connectivity index is -0.000000249. The summed E-state index contributed by atoms with van der Waals surface area (Å²) in [5.74, 6) is 0. The van der Waals surface area contributed by atoms with Gasteiger partial charge in [-0.2, -0.15) is 0 Å². The Morgan fingerprint density at radius 1 is 0.500 bits per heavy atom. The van der Waals surface area contributed by atoms with E-state index in [2.05, 4.69) is 27.7 Å². The molecule has 0 aromatic carbocycles. The van der Waals surface area contributed by atoms with Crippen LogP contribution in [-0.4, -0.2) is 34.6 Å². The fraction of sp³-hybridized carbons (Fsp3) is 1.00. The normalized spacial score (nSPS) is 9.82. The number of aliphatic hydroxyl groups is 3. The van der Waals surface area contributed by atoms with Crippen LogP contribution in [0.25, 0.3) is 0 Å². The van der Waals surface area contributed by atoms with Gasteiger partial charge in [0.25, 0.3) is 0 Å². The molecule has 0 radical (unpaired) electrons. The van der Waals surface area contributed by atoms with Crippen molar-refractivity contribution >= 4 is 0 Å². The summed E-state index contributed by atoms with van der Waals surface area (Å²) >= 11 is 0. The molecule has 0 bridgehead atoms. The van der Waals surface area contributed by atoms with Crippen molar-refractivity contribution in [3.05, 3.63) is 0 Å². The number of hydrogen-bond acceptors (Lipinski definition) is 3. The van der Waals surface area contributed by atoms with Gasteiger partial charge in [-0.15, -0.1) is 0 Å². The minimum Gasteiger partial charge on any atom is -0.394 e. The number of rotatable bonds is 12. The fourth-order valence-corrected chi connectivity index (χ4v) is 1.76. The molecule has 0 atom stereocenters. The van der Waals surface area contributed by atoms with Gasteiger partial charge in [-0.3, -0.25) is 0 Å². The molecule has 0 unspecified atom stereocenters. The first-order chi connectivity index (χ1) is 10.6. The monoisotopic (exact) mass is 320 g/mol. The molecule has 3 heteroatoms. The first-order valence-electron chi connectivity index (χ1n) is 9.54. The van der Waals surface area contributed by atoms with E-state index in [1.54, 1.807) is 0 Å². The van der Waals surface area contributed by atoms with Gasteiger partial charge in [-0.25, -0.2) is 0 Å². The van der Waals surface area contributed by atoms with Crippen molar-refractivity contribution in [2.75, 3.05) is 13.2 Å². The van der Waals surface area contributed by atoms with Crippen molar-refractivity contribution < 1.29 is 15.3 Å². The van der Waals surface area contributed by atoms with E-state index < -0.39 is 6.10 Å². The van der Waals surface area contributed by atoms with Crippen LogP contribution in [-0.2, 0) is 0 Å². The molecule has 0 aromatic rings. The average Bonchev–Trinajstić information content (AvgIpc) is 2.56. The molecule has 0 amide bonds. The Hall–Kier alpha value is -0.120. The molecule has 0 aliphatic heterocycles. The van der Waals surface area contributed by atoms with E-state index in [9.17, 15) is 0 Å². The van der Waals surface area contributed by atoms with E-state index in [4.69, 9.17) is 15.3 Å². The highest BCUT2D eigenvalue weighted by molar-refractivity contribution is 4.44. The van der Waals surface area contributed by atoms with Crippen molar-refractivity contribution in [3.63, 3.8) is 0 Å². The Labute approximate surface area is 140 Å². The third kappa shape index (κ3) is 36.8. The minimum atomic E-state index is -0.954. The van der Waals surface area contributed by atoms with Gasteiger partial charge >= 0.3 is 0 Å². The van der Waals surface area contributed by atoms with Gasteiger partial charge in [-0.1, -0.05) is 105 Å². The highest BCUT2D eigenvalue weighted by Gasteiger charge is 1.93. The smallest absolute Gasteiger partial charge is 0.100 e. The number of hydrogen-bond donors (Lipinski definition) is 3. The fourth-order valence-electron chi connectivity index (χ4n) is 1.76. The maximum absolute atomic E-state index is 8.17. The average molecular weight is 321 g/mol. The van der Waals surface area contributed by atoms with E-state index in [1.807, 2.05) is 0 Å². The predicted molar refractivity (Wildman–Crippen MR) is 98.3 cm³/mol. The summed E-state index contributed by atoms with van der Waals surface area (Å²) < 4.78 is 0. The number of aliphatic hydroxyl groups excluding tert-OH is 3. The topological polar surface area (TPSA) is 60.7 Å². The molecule has 0 fully saturated rings. The van der Waals surface area contributed by atoms with E-state index >= 15 is 0 Å². The van der Waals surface area contributed by atoms with Crippen LogP contribution in [0.15, 0.2) is 0 Å². The lowest BCUT2D eigenvalue weighted by Gasteiger charge is -1.96. The Morgan fingerprint density at radius 2 is 0.727 bits per heavy atom. The Kier molecular flexibility index (Phi) is 35.2. The largest absolute Gasteiger partial charge is 0.394 e. The van der Waals surface area contributed by atoms with Crippen molar-refractivity contribution in [2.45, 2.75) is 111 Å².